The highest BCUT2D eigenvalue weighted by molar-refractivity contribution is 5.89. The lowest BCUT2D eigenvalue weighted by atomic mass is 9.73. The standard InChI is InChI=1S/C25H25F2N2.C4H4O4/c1-29(24-13-7-4-10-21(24)27)16-14-25(15-17-29)18-28(22-11-5-2-8-19(22)25)23-12-6-3-9-20(23)26;5-3(6)1-2-4(7)8/h2-13H,14-18H2,1H3;1-2H,(H,5,6)(H,7,8)/q+1;/b;2-1-. The molecule has 2 heterocycles. The maximum atomic E-state index is 14.6. The molecule has 2 aliphatic rings. The Morgan fingerprint density at radius 3 is 1.89 bits per heavy atom. The Labute approximate surface area is 214 Å². The first-order valence-corrected chi connectivity index (χ1v) is 12.0. The summed E-state index contributed by atoms with van der Waals surface area (Å²) < 4.78 is 29.7. The highest BCUT2D eigenvalue weighted by Crippen LogP contribution is 2.51. The molecule has 0 aromatic heterocycles. The molecule has 2 N–H and O–H groups in total. The van der Waals surface area contributed by atoms with E-state index < -0.39 is 11.9 Å². The van der Waals surface area contributed by atoms with Gasteiger partial charge in [-0.05, 0) is 29.8 Å². The highest BCUT2D eigenvalue weighted by Gasteiger charge is 2.49. The van der Waals surface area contributed by atoms with Crippen molar-refractivity contribution in [2.75, 3.05) is 31.6 Å². The summed E-state index contributed by atoms with van der Waals surface area (Å²) >= 11 is 0. The quantitative estimate of drug-likeness (QED) is 0.360. The number of halogens is 2. The zero-order valence-electron chi connectivity index (χ0n) is 20.5. The molecule has 0 atom stereocenters. The van der Waals surface area contributed by atoms with E-state index in [0.717, 1.165) is 43.9 Å². The molecule has 1 fully saturated rings. The highest BCUT2D eigenvalue weighted by atomic mass is 19.1. The molecule has 3 aromatic rings. The Morgan fingerprint density at radius 1 is 0.811 bits per heavy atom. The average molecular weight is 508 g/mol. The number of anilines is 2. The van der Waals surface area contributed by atoms with E-state index >= 15 is 0 Å². The average Bonchev–Trinajstić information content (AvgIpc) is 3.20. The summed E-state index contributed by atoms with van der Waals surface area (Å²) in [4.78, 5) is 21.2. The van der Waals surface area contributed by atoms with Crippen LogP contribution >= 0.6 is 0 Å². The molecule has 0 bridgehead atoms. The Balaban J connectivity index is 0.000000349. The molecule has 0 amide bonds. The summed E-state index contributed by atoms with van der Waals surface area (Å²) in [6, 6.07) is 22.5. The molecule has 0 aliphatic carbocycles. The van der Waals surface area contributed by atoms with Gasteiger partial charge in [-0.3, -0.25) is 4.48 Å². The van der Waals surface area contributed by atoms with Crippen molar-refractivity contribution in [3.8, 4) is 0 Å². The van der Waals surface area contributed by atoms with Gasteiger partial charge < -0.3 is 15.1 Å². The second-order valence-corrected chi connectivity index (χ2v) is 9.64. The Morgan fingerprint density at radius 2 is 1.32 bits per heavy atom. The molecule has 1 saturated heterocycles. The number of carbonyl (C=O) groups is 2. The first kappa shape index (κ1) is 26.0. The second-order valence-electron chi connectivity index (χ2n) is 9.64. The first-order valence-electron chi connectivity index (χ1n) is 12.0. The van der Waals surface area contributed by atoms with Gasteiger partial charge in [0, 0.05) is 48.7 Å². The lowest BCUT2D eigenvalue weighted by molar-refractivity contribution is -0.134. The van der Waals surface area contributed by atoms with Gasteiger partial charge >= 0.3 is 11.9 Å². The molecule has 0 radical (unpaired) electrons. The number of para-hydroxylation sites is 3. The smallest absolute Gasteiger partial charge is 0.328 e. The van der Waals surface area contributed by atoms with Crippen LogP contribution in [0.1, 0.15) is 18.4 Å². The molecule has 5 rings (SSSR count). The minimum absolute atomic E-state index is 0.0259. The normalized spacial score (nSPS) is 22.4. The van der Waals surface area contributed by atoms with Crippen molar-refractivity contribution in [3.63, 3.8) is 0 Å². The number of carboxylic acids is 2. The number of benzene rings is 3. The number of piperidine rings is 1. The molecule has 192 valence electrons. The van der Waals surface area contributed by atoms with Crippen LogP contribution < -0.4 is 9.38 Å². The predicted octanol–water partition coefficient (Wildman–Crippen LogP) is 5.50. The SMILES string of the molecule is C[N+]1(c2ccccc2F)CCC2(CC1)CN(c1ccccc1F)c1ccccc12.O=C(O)/C=C\C(=O)O. The van der Waals surface area contributed by atoms with Crippen molar-refractivity contribution in [1.82, 2.24) is 4.48 Å². The number of nitrogens with zero attached hydrogens (tertiary/aromatic N) is 2. The summed E-state index contributed by atoms with van der Waals surface area (Å²) in [6.07, 6.45) is 3.00. The van der Waals surface area contributed by atoms with Crippen LogP contribution in [-0.2, 0) is 15.0 Å². The van der Waals surface area contributed by atoms with E-state index in [2.05, 4.69) is 30.1 Å². The number of rotatable bonds is 4. The summed E-state index contributed by atoms with van der Waals surface area (Å²) in [5, 5.41) is 15.6. The lowest BCUT2D eigenvalue weighted by Gasteiger charge is -2.45. The van der Waals surface area contributed by atoms with Gasteiger partial charge in [0.2, 0.25) is 0 Å². The molecule has 1 spiro atoms. The molecule has 2 aliphatic heterocycles. The Kier molecular flexibility index (Phi) is 7.40. The third kappa shape index (κ3) is 5.39. The van der Waals surface area contributed by atoms with Crippen LogP contribution in [0.2, 0.25) is 0 Å². The van der Waals surface area contributed by atoms with Crippen LogP contribution in [0.4, 0.5) is 25.8 Å². The predicted molar refractivity (Wildman–Crippen MR) is 139 cm³/mol. The van der Waals surface area contributed by atoms with E-state index in [9.17, 15) is 18.4 Å². The maximum Gasteiger partial charge on any atom is 0.328 e. The lowest BCUT2D eigenvalue weighted by Crippen LogP contribution is -2.56. The van der Waals surface area contributed by atoms with Crippen LogP contribution in [-0.4, -0.2) is 48.8 Å². The molecule has 0 saturated carbocycles. The van der Waals surface area contributed by atoms with Crippen molar-refractivity contribution in [2.45, 2.75) is 18.3 Å². The fourth-order valence-corrected chi connectivity index (χ4v) is 5.37. The molecule has 8 heteroatoms. The van der Waals surface area contributed by atoms with Gasteiger partial charge in [-0.15, -0.1) is 0 Å². The molecule has 3 aromatic carbocycles. The topological polar surface area (TPSA) is 77.8 Å². The monoisotopic (exact) mass is 507 g/mol. The second kappa shape index (κ2) is 10.5. The van der Waals surface area contributed by atoms with Crippen LogP contribution in [0.5, 0.6) is 0 Å². The number of hydrogen-bond donors (Lipinski definition) is 2. The van der Waals surface area contributed by atoms with E-state index in [1.165, 1.54) is 11.6 Å². The number of quaternary nitrogens is 1. The van der Waals surface area contributed by atoms with Gasteiger partial charge in [0.05, 0.1) is 25.8 Å². The van der Waals surface area contributed by atoms with Crippen LogP contribution in [0.3, 0.4) is 0 Å². The number of aliphatic carboxylic acids is 2. The van der Waals surface area contributed by atoms with E-state index in [1.54, 1.807) is 18.2 Å². The first-order chi connectivity index (χ1) is 17.7. The zero-order valence-corrected chi connectivity index (χ0v) is 20.5. The summed E-state index contributed by atoms with van der Waals surface area (Å²) in [6.45, 7) is 2.49. The third-order valence-corrected chi connectivity index (χ3v) is 7.34. The Bertz CT molecular complexity index is 1320. The Hall–Kier alpha value is -4.04. The summed E-state index contributed by atoms with van der Waals surface area (Å²) in [5.41, 5.74) is 3.76. The molecule has 37 heavy (non-hydrogen) atoms. The minimum Gasteiger partial charge on any atom is -0.478 e. The van der Waals surface area contributed by atoms with Gasteiger partial charge in [-0.1, -0.05) is 42.5 Å². The van der Waals surface area contributed by atoms with Gasteiger partial charge in [0.15, 0.2) is 11.5 Å². The number of fused-ring (bicyclic) bond motifs is 2. The molecule has 6 nitrogen and oxygen atoms in total. The van der Waals surface area contributed by atoms with Crippen LogP contribution in [0, 0.1) is 11.6 Å². The van der Waals surface area contributed by atoms with Gasteiger partial charge in [-0.2, -0.15) is 0 Å². The summed E-state index contributed by atoms with van der Waals surface area (Å²) in [5.74, 6) is -2.84. The fraction of sp³-hybridized carbons (Fsp3) is 0.241. The van der Waals surface area contributed by atoms with Crippen molar-refractivity contribution < 1.29 is 28.6 Å². The van der Waals surface area contributed by atoms with Crippen molar-refractivity contribution in [3.05, 3.63) is 102 Å². The third-order valence-electron chi connectivity index (χ3n) is 7.34. The van der Waals surface area contributed by atoms with Crippen LogP contribution in [0.25, 0.3) is 0 Å². The molecular formula is C29H29F2N2O4+. The zero-order chi connectivity index (χ0) is 26.6. The number of likely N-dealkylation sites (tertiary alicyclic amines) is 1. The summed E-state index contributed by atoms with van der Waals surface area (Å²) in [7, 11) is 2.13. The van der Waals surface area contributed by atoms with Crippen LogP contribution in [0.15, 0.2) is 84.9 Å². The van der Waals surface area contributed by atoms with Crippen molar-refractivity contribution in [2.24, 2.45) is 0 Å². The largest absolute Gasteiger partial charge is 0.478 e. The van der Waals surface area contributed by atoms with Crippen molar-refractivity contribution in [1.29, 1.82) is 0 Å². The number of carboxylic acid groups (broad SMARTS) is 2. The van der Waals surface area contributed by atoms with Crippen molar-refractivity contribution >= 4 is 29.0 Å². The van der Waals surface area contributed by atoms with Gasteiger partial charge in [-0.25, -0.2) is 18.4 Å². The molecule has 0 unspecified atom stereocenters. The van der Waals surface area contributed by atoms with E-state index in [1.807, 2.05) is 30.3 Å². The van der Waals surface area contributed by atoms with E-state index in [4.69, 9.17) is 10.2 Å². The molecular weight excluding hydrogens is 478 g/mol. The fourth-order valence-electron chi connectivity index (χ4n) is 5.37. The van der Waals surface area contributed by atoms with Gasteiger partial charge in [0.1, 0.15) is 5.82 Å². The van der Waals surface area contributed by atoms with E-state index in [0.29, 0.717) is 22.3 Å². The number of hydrogen-bond acceptors (Lipinski definition) is 3. The van der Waals surface area contributed by atoms with E-state index in [-0.39, 0.29) is 17.0 Å². The van der Waals surface area contributed by atoms with Gasteiger partial charge in [0.25, 0.3) is 0 Å². The maximum absolute atomic E-state index is 14.6. The minimum atomic E-state index is -1.26.